The Labute approximate surface area is 169 Å². The van der Waals surface area contributed by atoms with Gasteiger partial charge < -0.3 is 20.1 Å². The van der Waals surface area contributed by atoms with Crippen LogP contribution in [0.25, 0.3) is 0 Å². The number of carbonyl (C=O) groups excluding carboxylic acids is 1. The Morgan fingerprint density at radius 2 is 2.13 bits per heavy atom. The Kier molecular flexibility index (Phi) is 4.94. The van der Waals surface area contributed by atoms with Gasteiger partial charge >= 0.3 is 6.36 Å². The summed E-state index contributed by atoms with van der Waals surface area (Å²) >= 11 is 0. The van der Waals surface area contributed by atoms with Crippen molar-refractivity contribution >= 4 is 11.9 Å². The van der Waals surface area contributed by atoms with Crippen LogP contribution in [0.2, 0.25) is 0 Å². The maximum Gasteiger partial charge on any atom is 0.573 e. The molecular weight excluding hydrogens is 405 g/mol. The summed E-state index contributed by atoms with van der Waals surface area (Å²) in [6.07, 6.45) is -3.09. The van der Waals surface area contributed by atoms with Crippen molar-refractivity contribution in [3.8, 4) is 11.5 Å². The highest BCUT2D eigenvalue weighted by atomic mass is 19.4. The molecule has 0 spiro atoms. The lowest BCUT2D eigenvalue weighted by molar-refractivity contribution is -0.274. The van der Waals surface area contributed by atoms with Crippen molar-refractivity contribution in [2.24, 2.45) is 5.92 Å². The zero-order chi connectivity index (χ0) is 21.5. The van der Waals surface area contributed by atoms with Gasteiger partial charge in [-0.05, 0) is 36.5 Å². The van der Waals surface area contributed by atoms with Crippen molar-refractivity contribution < 1.29 is 27.8 Å². The van der Waals surface area contributed by atoms with Crippen LogP contribution in [0.4, 0.5) is 19.1 Å². The van der Waals surface area contributed by atoms with E-state index in [0.29, 0.717) is 30.9 Å². The first kappa shape index (κ1) is 20.2. The number of nitrogens with zero attached hydrogens (tertiary/aromatic N) is 4. The number of anilines is 1. The minimum atomic E-state index is -4.86. The minimum Gasteiger partial charge on any atom is -0.507 e. The average molecular weight is 426 g/mol. The van der Waals surface area contributed by atoms with Crippen LogP contribution in [0.5, 0.6) is 11.5 Å². The number of alkyl halides is 3. The predicted octanol–water partition coefficient (Wildman–Crippen LogP) is 1.87. The van der Waals surface area contributed by atoms with E-state index in [9.17, 15) is 23.1 Å². The molecule has 2 heterocycles. The van der Waals surface area contributed by atoms with E-state index in [2.05, 4.69) is 37.6 Å². The van der Waals surface area contributed by atoms with Gasteiger partial charge in [0, 0.05) is 30.8 Å². The van der Waals surface area contributed by atoms with Gasteiger partial charge in [0.15, 0.2) is 0 Å². The number of halogens is 3. The van der Waals surface area contributed by atoms with Gasteiger partial charge in [-0.1, -0.05) is 18.1 Å². The Hall–Kier alpha value is -3.05. The Bertz CT molecular complexity index is 916. The second kappa shape index (κ2) is 7.33. The molecule has 1 saturated heterocycles. The maximum atomic E-state index is 13.1. The molecule has 1 amide bonds. The summed E-state index contributed by atoms with van der Waals surface area (Å²) in [6, 6.07) is 3.15. The zero-order valence-electron chi connectivity index (χ0n) is 16.1. The maximum absolute atomic E-state index is 13.1. The number of amides is 1. The van der Waals surface area contributed by atoms with Crippen molar-refractivity contribution in [1.82, 2.24) is 25.9 Å². The quantitative estimate of drug-likeness (QED) is 0.668. The van der Waals surface area contributed by atoms with Crippen molar-refractivity contribution in [2.45, 2.75) is 44.0 Å². The lowest BCUT2D eigenvalue weighted by Gasteiger charge is -2.36. The van der Waals surface area contributed by atoms with Crippen LogP contribution in [-0.2, 0) is 10.2 Å². The lowest BCUT2D eigenvalue weighted by Crippen LogP contribution is -2.52. The number of H-pyrrole nitrogens is 1. The van der Waals surface area contributed by atoms with Crippen LogP contribution >= 0.6 is 0 Å². The lowest BCUT2D eigenvalue weighted by atomic mass is 9.91. The third-order valence-corrected chi connectivity index (χ3v) is 5.51. The Morgan fingerprint density at radius 1 is 1.37 bits per heavy atom. The third kappa shape index (κ3) is 4.12. The van der Waals surface area contributed by atoms with E-state index >= 15 is 0 Å². The normalized spacial score (nSPS) is 23.1. The molecule has 2 aromatic rings. The van der Waals surface area contributed by atoms with Gasteiger partial charge in [0.1, 0.15) is 11.5 Å². The summed E-state index contributed by atoms with van der Waals surface area (Å²) < 4.78 is 41.0. The van der Waals surface area contributed by atoms with Crippen LogP contribution in [0, 0.1) is 5.92 Å². The van der Waals surface area contributed by atoms with Gasteiger partial charge in [-0.25, -0.2) is 0 Å². The van der Waals surface area contributed by atoms with Gasteiger partial charge in [-0.3, -0.25) is 4.79 Å². The molecule has 162 valence electrons. The number of tetrazole rings is 1. The van der Waals surface area contributed by atoms with Crippen LogP contribution in [-0.4, -0.2) is 57.1 Å². The van der Waals surface area contributed by atoms with E-state index in [1.54, 1.807) is 0 Å². The number of phenols is 1. The van der Waals surface area contributed by atoms with E-state index in [0.717, 1.165) is 25.1 Å². The first-order chi connectivity index (χ1) is 14.2. The van der Waals surface area contributed by atoms with Gasteiger partial charge in [-0.2, -0.15) is 5.21 Å². The number of aromatic hydroxyl groups is 1. The van der Waals surface area contributed by atoms with E-state index in [4.69, 9.17) is 0 Å². The summed E-state index contributed by atoms with van der Waals surface area (Å²) in [6.45, 7) is 3.30. The number of benzene rings is 1. The second-order valence-electron chi connectivity index (χ2n) is 7.94. The number of hydrogen-bond acceptors (Lipinski definition) is 7. The second-order valence-corrected chi connectivity index (χ2v) is 7.94. The van der Waals surface area contributed by atoms with Crippen LogP contribution in [0.1, 0.15) is 31.7 Å². The van der Waals surface area contributed by atoms with Gasteiger partial charge in [0.05, 0.1) is 5.41 Å². The molecule has 1 aliphatic heterocycles. The number of nitrogens with one attached hydrogen (secondary N) is 2. The average Bonchev–Trinajstić information content (AvgIpc) is 3.25. The fraction of sp³-hybridized carbons (Fsp3) is 0.556. The fourth-order valence-electron chi connectivity index (χ4n) is 4.09. The molecule has 0 radical (unpaired) electrons. The molecule has 4 rings (SSSR count). The SMILES string of the molecule is C[C@H]1C[C@@H](NC(=O)C2(c3ccc(OC(F)(F)F)cc3O)CC2)CN(c2nn[nH]n2)C1. The fourth-order valence-corrected chi connectivity index (χ4v) is 4.09. The number of ether oxygens (including phenoxy) is 1. The smallest absolute Gasteiger partial charge is 0.507 e. The van der Waals surface area contributed by atoms with E-state index < -0.39 is 23.3 Å². The van der Waals surface area contributed by atoms with E-state index in [-0.39, 0.29) is 17.9 Å². The van der Waals surface area contributed by atoms with E-state index in [1.807, 2.05) is 4.90 Å². The molecule has 2 atom stereocenters. The Balaban J connectivity index is 1.47. The van der Waals surface area contributed by atoms with Gasteiger partial charge in [-0.15, -0.1) is 18.3 Å². The summed E-state index contributed by atoms with van der Waals surface area (Å²) in [5.41, 5.74) is -0.646. The number of hydrogen-bond donors (Lipinski definition) is 3. The number of aromatic amines is 1. The number of carbonyl (C=O) groups is 1. The molecule has 0 unspecified atom stereocenters. The molecule has 0 bridgehead atoms. The zero-order valence-corrected chi connectivity index (χ0v) is 16.1. The minimum absolute atomic E-state index is 0.160. The van der Waals surface area contributed by atoms with E-state index in [1.165, 1.54) is 6.07 Å². The summed E-state index contributed by atoms with van der Waals surface area (Å²) in [5.74, 6) is -0.439. The van der Waals surface area contributed by atoms with Crippen molar-refractivity contribution in [2.75, 3.05) is 18.0 Å². The highest BCUT2D eigenvalue weighted by molar-refractivity contribution is 5.92. The third-order valence-electron chi connectivity index (χ3n) is 5.51. The van der Waals surface area contributed by atoms with Crippen molar-refractivity contribution in [1.29, 1.82) is 0 Å². The van der Waals surface area contributed by atoms with Crippen molar-refractivity contribution in [3.05, 3.63) is 23.8 Å². The highest BCUT2D eigenvalue weighted by Gasteiger charge is 2.53. The van der Waals surface area contributed by atoms with Gasteiger partial charge in [0.2, 0.25) is 5.91 Å². The molecule has 1 aliphatic carbocycles. The summed E-state index contributed by atoms with van der Waals surface area (Å²) in [5, 5.41) is 27.2. The molecule has 1 aromatic heterocycles. The topological polar surface area (TPSA) is 116 Å². The van der Waals surface area contributed by atoms with Crippen LogP contribution < -0.4 is 15.0 Å². The molecular formula is C18H21F3N6O3. The molecule has 1 aromatic carbocycles. The highest BCUT2D eigenvalue weighted by Crippen LogP contribution is 2.52. The van der Waals surface area contributed by atoms with Gasteiger partial charge in [0.25, 0.3) is 5.95 Å². The molecule has 2 aliphatic rings. The van der Waals surface area contributed by atoms with Crippen LogP contribution in [0.3, 0.4) is 0 Å². The van der Waals surface area contributed by atoms with Crippen LogP contribution in [0.15, 0.2) is 18.2 Å². The molecule has 2 fully saturated rings. The molecule has 1 saturated carbocycles. The van der Waals surface area contributed by atoms with Crippen molar-refractivity contribution in [3.63, 3.8) is 0 Å². The standard InChI is InChI=1S/C18H21F3N6O3/c1-10-6-11(9-27(8-10)16-23-25-26-24-16)22-15(29)17(4-5-17)13-3-2-12(7-14(13)28)30-18(19,20)21/h2-3,7,10-11,28H,4-6,8-9H2,1H3,(H,22,29)(H,23,24,25,26)/t10-,11+/m0/s1. The summed E-state index contributed by atoms with van der Waals surface area (Å²) in [4.78, 5) is 15.0. The molecule has 9 nitrogen and oxygen atoms in total. The molecule has 12 heteroatoms. The monoisotopic (exact) mass is 426 g/mol. The summed E-state index contributed by atoms with van der Waals surface area (Å²) in [7, 11) is 0. The predicted molar refractivity (Wildman–Crippen MR) is 97.8 cm³/mol. The molecule has 3 N–H and O–H groups in total. The number of piperidine rings is 1. The Morgan fingerprint density at radius 3 is 2.73 bits per heavy atom. The number of aromatic nitrogens is 4. The largest absolute Gasteiger partial charge is 0.573 e. The molecule has 30 heavy (non-hydrogen) atoms. The number of phenolic OH excluding ortho intramolecular Hbond substituents is 1. The first-order valence-electron chi connectivity index (χ1n) is 9.55. The first-order valence-corrected chi connectivity index (χ1v) is 9.55. The number of rotatable bonds is 5.